The summed E-state index contributed by atoms with van der Waals surface area (Å²) in [6, 6.07) is 6.06. The van der Waals surface area contributed by atoms with Gasteiger partial charge >= 0.3 is 0 Å². The van der Waals surface area contributed by atoms with E-state index in [0.29, 0.717) is 12.5 Å². The lowest BCUT2D eigenvalue weighted by molar-refractivity contribution is 0.267. The molecule has 0 spiro atoms. The van der Waals surface area contributed by atoms with Crippen molar-refractivity contribution in [3.63, 3.8) is 0 Å². The topological polar surface area (TPSA) is 50.9 Å². The van der Waals surface area contributed by atoms with Crippen LogP contribution in [0.2, 0.25) is 0 Å². The van der Waals surface area contributed by atoms with E-state index in [1.807, 2.05) is 16.8 Å². The standard InChI is InChI=1S/C13H15N3O/c17-8-7-16-13(11-1-2-11)9-12(15-16)10-3-5-14-6-4-10/h3-6,9,11,17H,1-2,7-8H2. The Balaban J connectivity index is 1.98. The highest BCUT2D eigenvalue weighted by molar-refractivity contribution is 5.58. The lowest BCUT2D eigenvalue weighted by Crippen LogP contribution is -2.07. The number of pyridine rings is 1. The van der Waals surface area contributed by atoms with Crippen LogP contribution in [0.3, 0.4) is 0 Å². The van der Waals surface area contributed by atoms with Crippen molar-refractivity contribution in [1.29, 1.82) is 0 Å². The third-order valence-electron chi connectivity index (χ3n) is 3.09. The molecular weight excluding hydrogens is 214 g/mol. The van der Waals surface area contributed by atoms with E-state index in [0.717, 1.165) is 11.3 Å². The molecule has 1 aliphatic rings. The van der Waals surface area contributed by atoms with E-state index in [-0.39, 0.29) is 6.61 Å². The molecule has 4 nitrogen and oxygen atoms in total. The van der Waals surface area contributed by atoms with Crippen LogP contribution >= 0.6 is 0 Å². The van der Waals surface area contributed by atoms with Crippen molar-refractivity contribution in [2.24, 2.45) is 0 Å². The molecule has 2 aromatic heterocycles. The first-order valence-electron chi connectivity index (χ1n) is 5.97. The van der Waals surface area contributed by atoms with Gasteiger partial charge in [-0.2, -0.15) is 5.10 Å². The number of rotatable bonds is 4. The van der Waals surface area contributed by atoms with Gasteiger partial charge in [0.05, 0.1) is 18.8 Å². The number of hydrogen-bond acceptors (Lipinski definition) is 3. The molecule has 0 amide bonds. The summed E-state index contributed by atoms with van der Waals surface area (Å²) in [7, 11) is 0. The zero-order chi connectivity index (χ0) is 11.7. The molecule has 1 aliphatic carbocycles. The SMILES string of the molecule is OCCn1nc(-c2ccncc2)cc1C1CC1. The van der Waals surface area contributed by atoms with Gasteiger partial charge in [0.25, 0.3) is 0 Å². The second-order valence-corrected chi connectivity index (χ2v) is 4.41. The Morgan fingerprint density at radius 2 is 2.06 bits per heavy atom. The Morgan fingerprint density at radius 3 is 2.71 bits per heavy atom. The van der Waals surface area contributed by atoms with Crippen molar-refractivity contribution < 1.29 is 5.11 Å². The first-order chi connectivity index (χ1) is 8.38. The lowest BCUT2D eigenvalue weighted by Gasteiger charge is -2.02. The molecule has 88 valence electrons. The first-order valence-corrected chi connectivity index (χ1v) is 5.97. The summed E-state index contributed by atoms with van der Waals surface area (Å²) in [6.45, 7) is 0.716. The maximum atomic E-state index is 9.06. The van der Waals surface area contributed by atoms with Crippen LogP contribution < -0.4 is 0 Å². The highest BCUT2D eigenvalue weighted by Crippen LogP contribution is 2.41. The van der Waals surface area contributed by atoms with Crippen LogP contribution in [0.25, 0.3) is 11.3 Å². The van der Waals surface area contributed by atoms with E-state index in [1.165, 1.54) is 18.5 Å². The summed E-state index contributed by atoms with van der Waals surface area (Å²) < 4.78 is 1.94. The smallest absolute Gasteiger partial charge is 0.0927 e. The molecule has 0 atom stereocenters. The van der Waals surface area contributed by atoms with Crippen LogP contribution in [0.1, 0.15) is 24.5 Å². The van der Waals surface area contributed by atoms with E-state index < -0.39 is 0 Å². The fraction of sp³-hybridized carbons (Fsp3) is 0.385. The Hall–Kier alpha value is -1.68. The van der Waals surface area contributed by atoms with E-state index in [9.17, 15) is 0 Å². The maximum absolute atomic E-state index is 9.06. The minimum absolute atomic E-state index is 0.136. The van der Waals surface area contributed by atoms with Crippen molar-refractivity contribution >= 4 is 0 Å². The summed E-state index contributed by atoms with van der Waals surface area (Å²) in [5.41, 5.74) is 3.31. The summed E-state index contributed by atoms with van der Waals surface area (Å²) in [5.74, 6) is 0.643. The molecule has 0 unspecified atom stereocenters. The largest absolute Gasteiger partial charge is 0.394 e. The third kappa shape index (κ3) is 2.08. The number of aliphatic hydroxyl groups is 1. The van der Waals surface area contributed by atoms with Crippen LogP contribution in [-0.2, 0) is 6.54 Å². The van der Waals surface area contributed by atoms with Crippen LogP contribution in [0.4, 0.5) is 0 Å². The molecule has 0 saturated heterocycles. The van der Waals surface area contributed by atoms with Crippen LogP contribution in [0.5, 0.6) is 0 Å². The predicted molar refractivity (Wildman–Crippen MR) is 64.5 cm³/mol. The Bertz CT molecular complexity index is 503. The first kappa shape index (κ1) is 10.5. The van der Waals surface area contributed by atoms with E-state index in [4.69, 9.17) is 5.11 Å². The van der Waals surface area contributed by atoms with Gasteiger partial charge in [0.15, 0.2) is 0 Å². The van der Waals surface area contributed by atoms with Gasteiger partial charge in [0, 0.05) is 29.6 Å². The summed E-state index contributed by atoms with van der Waals surface area (Å²) in [5, 5.41) is 13.6. The molecule has 0 aromatic carbocycles. The van der Waals surface area contributed by atoms with Crippen molar-refractivity contribution in [3.05, 3.63) is 36.3 Å². The van der Waals surface area contributed by atoms with Crippen molar-refractivity contribution in [2.45, 2.75) is 25.3 Å². The minimum atomic E-state index is 0.136. The molecular formula is C13H15N3O. The van der Waals surface area contributed by atoms with Gasteiger partial charge in [0.2, 0.25) is 0 Å². The van der Waals surface area contributed by atoms with Crippen molar-refractivity contribution in [3.8, 4) is 11.3 Å². The molecule has 1 fully saturated rings. The predicted octanol–water partition coefficient (Wildman–Crippen LogP) is 1.81. The minimum Gasteiger partial charge on any atom is -0.394 e. The summed E-state index contributed by atoms with van der Waals surface area (Å²) in [6.07, 6.45) is 6.04. The fourth-order valence-electron chi connectivity index (χ4n) is 2.08. The summed E-state index contributed by atoms with van der Waals surface area (Å²) >= 11 is 0. The third-order valence-corrected chi connectivity index (χ3v) is 3.09. The van der Waals surface area contributed by atoms with Crippen LogP contribution in [0.15, 0.2) is 30.6 Å². The Labute approximate surface area is 99.9 Å². The average molecular weight is 229 g/mol. The molecule has 3 rings (SSSR count). The normalized spacial score (nSPS) is 15.1. The second kappa shape index (κ2) is 4.30. The molecule has 0 radical (unpaired) electrons. The van der Waals surface area contributed by atoms with Gasteiger partial charge in [-0.05, 0) is 31.0 Å². The number of nitrogens with zero attached hydrogens (tertiary/aromatic N) is 3. The van der Waals surface area contributed by atoms with Gasteiger partial charge in [-0.1, -0.05) is 0 Å². The van der Waals surface area contributed by atoms with Gasteiger partial charge in [-0.15, -0.1) is 0 Å². The quantitative estimate of drug-likeness (QED) is 0.870. The summed E-state index contributed by atoms with van der Waals surface area (Å²) in [4.78, 5) is 4.01. The number of aromatic nitrogens is 3. The van der Waals surface area contributed by atoms with Gasteiger partial charge in [-0.25, -0.2) is 0 Å². The molecule has 1 N–H and O–H groups in total. The monoisotopic (exact) mass is 229 g/mol. The molecule has 0 aliphatic heterocycles. The fourth-order valence-corrected chi connectivity index (χ4v) is 2.08. The Morgan fingerprint density at radius 1 is 1.29 bits per heavy atom. The number of aliphatic hydroxyl groups excluding tert-OH is 1. The van der Waals surface area contributed by atoms with Crippen molar-refractivity contribution in [2.75, 3.05) is 6.61 Å². The van der Waals surface area contributed by atoms with Crippen molar-refractivity contribution in [1.82, 2.24) is 14.8 Å². The van der Waals surface area contributed by atoms with Gasteiger partial charge < -0.3 is 5.11 Å². The molecule has 1 saturated carbocycles. The zero-order valence-corrected chi connectivity index (χ0v) is 9.58. The van der Waals surface area contributed by atoms with Crippen LogP contribution in [0, 0.1) is 0 Å². The maximum Gasteiger partial charge on any atom is 0.0927 e. The number of hydrogen-bond donors (Lipinski definition) is 1. The van der Waals surface area contributed by atoms with E-state index >= 15 is 0 Å². The zero-order valence-electron chi connectivity index (χ0n) is 9.58. The van der Waals surface area contributed by atoms with Gasteiger partial charge in [-0.3, -0.25) is 9.67 Å². The van der Waals surface area contributed by atoms with E-state index in [2.05, 4.69) is 16.1 Å². The van der Waals surface area contributed by atoms with E-state index in [1.54, 1.807) is 12.4 Å². The molecule has 2 aromatic rings. The highest BCUT2D eigenvalue weighted by atomic mass is 16.3. The lowest BCUT2D eigenvalue weighted by atomic mass is 10.2. The Kier molecular flexibility index (Phi) is 2.65. The molecule has 17 heavy (non-hydrogen) atoms. The molecule has 4 heteroatoms. The molecule has 0 bridgehead atoms. The average Bonchev–Trinajstić information content (AvgIpc) is 3.13. The second-order valence-electron chi connectivity index (χ2n) is 4.41. The highest BCUT2D eigenvalue weighted by Gasteiger charge is 2.28. The van der Waals surface area contributed by atoms with Crippen LogP contribution in [-0.4, -0.2) is 26.5 Å². The van der Waals surface area contributed by atoms with Gasteiger partial charge in [0.1, 0.15) is 0 Å². The molecule has 2 heterocycles.